The van der Waals surface area contributed by atoms with Gasteiger partial charge in [-0.15, -0.1) is 0 Å². The third-order valence-electron chi connectivity index (χ3n) is 5.50. The number of carbonyl (C=O) groups is 2. The van der Waals surface area contributed by atoms with Gasteiger partial charge >= 0.3 is 0 Å². The molecule has 2 amide bonds. The van der Waals surface area contributed by atoms with Crippen LogP contribution < -0.4 is 11.3 Å². The number of hydrogen-bond acceptors (Lipinski definition) is 3. The molecule has 1 aliphatic rings. The molecule has 4 rings (SSSR count). The molecule has 0 saturated heterocycles. The highest BCUT2D eigenvalue weighted by Crippen LogP contribution is 2.42. The van der Waals surface area contributed by atoms with E-state index in [0.29, 0.717) is 29.5 Å². The van der Waals surface area contributed by atoms with E-state index in [9.17, 15) is 18.8 Å². The summed E-state index contributed by atoms with van der Waals surface area (Å²) in [5, 5.41) is 0.184. The van der Waals surface area contributed by atoms with Crippen LogP contribution in [0.25, 0.3) is 0 Å². The number of rotatable bonds is 5. The van der Waals surface area contributed by atoms with Crippen LogP contribution in [-0.2, 0) is 11.2 Å². The fourth-order valence-corrected chi connectivity index (χ4v) is 4.39. The first-order chi connectivity index (χ1) is 14.9. The Balaban J connectivity index is 1.91. The summed E-state index contributed by atoms with van der Waals surface area (Å²) in [6.07, 6.45) is 2.13. The minimum atomic E-state index is -1.16. The molecule has 3 aromatic rings. The number of halogens is 2. The number of primary amides is 1. The van der Waals surface area contributed by atoms with Gasteiger partial charge in [0.2, 0.25) is 5.91 Å². The fraction of sp³-hybridized carbons (Fsp3) is 0.174. The predicted molar refractivity (Wildman–Crippen MR) is 114 cm³/mol. The maximum Gasteiger partial charge on any atom is 0.260 e. The van der Waals surface area contributed by atoms with Gasteiger partial charge < -0.3 is 15.6 Å². The van der Waals surface area contributed by atoms with Gasteiger partial charge in [-0.3, -0.25) is 14.4 Å². The molecular weight excluding hydrogens is 421 g/mol. The van der Waals surface area contributed by atoms with Crippen LogP contribution in [0.4, 0.5) is 4.39 Å². The molecule has 1 heterocycles. The molecule has 6 nitrogen and oxygen atoms in total. The molecule has 0 aliphatic heterocycles. The number of hydrogen-bond donors (Lipinski definition) is 2. The molecule has 0 spiro atoms. The lowest BCUT2D eigenvalue weighted by Gasteiger charge is -2.35. The van der Waals surface area contributed by atoms with E-state index in [1.807, 2.05) is 0 Å². The number of fused-ring (bicyclic) bond motifs is 1. The number of carbonyl (C=O) groups excluding carboxylic acids is 2. The minimum Gasteiger partial charge on any atom is -0.368 e. The second-order valence-electron chi connectivity index (χ2n) is 7.35. The summed E-state index contributed by atoms with van der Waals surface area (Å²) >= 11 is 6.09. The van der Waals surface area contributed by atoms with Crippen molar-refractivity contribution in [3.05, 3.63) is 104 Å². The van der Waals surface area contributed by atoms with Crippen LogP contribution in [0.1, 0.15) is 45.6 Å². The van der Waals surface area contributed by atoms with E-state index >= 15 is 0 Å². The Labute approximate surface area is 182 Å². The van der Waals surface area contributed by atoms with Gasteiger partial charge in [0, 0.05) is 11.2 Å². The third kappa shape index (κ3) is 3.84. The Morgan fingerprint density at radius 2 is 1.90 bits per heavy atom. The van der Waals surface area contributed by atoms with E-state index in [0.717, 1.165) is 0 Å². The van der Waals surface area contributed by atoms with E-state index < -0.39 is 35.3 Å². The first-order valence-corrected chi connectivity index (χ1v) is 10.1. The van der Waals surface area contributed by atoms with Crippen molar-refractivity contribution >= 4 is 23.4 Å². The predicted octanol–water partition coefficient (Wildman–Crippen LogP) is 3.52. The molecule has 158 valence electrons. The molecule has 0 radical (unpaired) electrons. The average Bonchev–Trinajstić information content (AvgIpc) is 3.16. The van der Waals surface area contributed by atoms with Crippen molar-refractivity contribution in [1.29, 1.82) is 0 Å². The monoisotopic (exact) mass is 439 g/mol. The molecule has 0 saturated carbocycles. The average molecular weight is 440 g/mol. The topological polar surface area (TPSA) is 96.3 Å². The van der Waals surface area contributed by atoms with E-state index in [2.05, 4.69) is 4.98 Å². The Hall–Kier alpha value is -3.45. The Kier molecular flexibility index (Phi) is 5.61. The van der Waals surface area contributed by atoms with Crippen LogP contribution in [0.5, 0.6) is 0 Å². The molecule has 8 heteroatoms. The van der Waals surface area contributed by atoms with Gasteiger partial charge in [-0.2, -0.15) is 0 Å². The van der Waals surface area contributed by atoms with Crippen molar-refractivity contribution in [1.82, 2.24) is 9.88 Å². The van der Waals surface area contributed by atoms with Gasteiger partial charge in [0.15, 0.2) is 0 Å². The lowest BCUT2D eigenvalue weighted by molar-refractivity contribution is -0.123. The minimum absolute atomic E-state index is 0.138. The summed E-state index contributed by atoms with van der Waals surface area (Å²) in [5.74, 6) is -1.90. The first-order valence-electron chi connectivity index (χ1n) is 9.71. The van der Waals surface area contributed by atoms with Crippen molar-refractivity contribution < 1.29 is 14.0 Å². The third-order valence-corrected chi connectivity index (χ3v) is 5.72. The number of nitrogens with one attached hydrogen (secondary N) is 1. The normalized spacial score (nSPS) is 15.9. The van der Waals surface area contributed by atoms with Gasteiger partial charge in [-0.25, -0.2) is 4.39 Å². The highest BCUT2D eigenvalue weighted by atomic mass is 35.5. The highest BCUT2D eigenvalue weighted by molar-refractivity contribution is 6.30. The summed E-state index contributed by atoms with van der Waals surface area (Å²) in [6.45, 7) is 0. The van der Waals surface area contributed by atoms with Crippen molar-refractivity contribution in [2.45, 2.75) is 24.9 Å². The van der Waals surface area contributed by atoms with E-state index in [4.69, 9.17) is 17.3 Å². The van der Waals surface area contributed by atoms with Crippen LogP contribution in [0.15, 0.2) is 65.6 Å². The van der Waals surface area contributed by atoms with Crippen LogP contribution in [0.3, 0.4) is 0 Å². The molecule has 1 aliphatic carbocycles. The Morgan fingerprint density at radius 3 is 2.58 bits per heavy atom. The molecule has 2 atom stereocenters. The Morgan fingerprint density at radius 1 is 1.16 bits per heavy atom. The molecule has 31 heavy (non-hydrogen) atoms. The second kappa shape index (κ2) is 8.35. The van der Waals surface area contributed by atoms with Gasteiger partial charge in [0.25, 0.3) is 11.5 Å². The molecule has 3 N–H and O–H groups in total. The number of aromatic amines is 1. The van der Waals surface area contributed by atoms with Crippen LogP contribution in [-0.4, -0.2) is 21.7 Å². The van der Waals surface area contributed by atoms with Crippen molar-refractivity contribution in [2.75, 3.05) is 0 Å². The van der Waals surface area contributed by atoms with Crippen LogP contribution in [0, 0.1) is 5.82 Å². The molecule has 0 fully saturated rings. The smallest absolute Gasteiger partial charge is 0.260 e. The molecule has 1 aromatic heterocycles. The van der Waals surface area contributed by atoms with E-state index in [1.165, 1.54) is 29.3 Å². The summed E-state index contributed by atoms with van der Waals surface area (Å²) < 4.78 is 14.5. The summed E-state index contributed by atoms with van der Waals surface area (Å²) in [4.78, 5) is 42.3. The largest absolute Gasteiger partial charge is 0.368 e. The van der Waals surface area contributed by atoms with Crippen LogP contribution >= 0.6 is 11.6 Å². The number of aromatic nitrogens is 1. The fourth-order valence-electron chi connectivity index (χ4n) is 4.18. The summed E-state index contributed by atoms with van der Waals surface area (Å²) in [5.41, 5.74) is 6.46. The van der Waals surface area contributed by atoms with E-state index in [-0.39, 0.29) is 10.6 Å². The lowest BCUT2D eigenvalue weighted by Crippen LogP contribution is -2.45. The SMILES string of the molecule is NC(=O)[C@@H](c1ccccc1)N(C(=O)c1ccc[nH]c1=O)[C@@H]1CCc2c(F)cc(Cl)cc21. The lowest BCUT2D eigenvalue weighted by atomic mass is 9.98. The number of nitrogens with zero attached hydrogens (tertiary/aromatic N) is 1. The molecule has 2 aromatic carbocycles. The van der Waals surface area contributed by atoms with Gasteiger partial charge in [0.1, 0.15) is 17.4 Å². The molecular formula is C23H19ClFN3O3. The number of amides is 2. The van der Waals surface area contributed by atoms with Gasteiger partial charge in [-0.1, -0.05) is 41.9 Å². The zero-order valence-corrected chi connectivity index (χ0v) is 17.1. The maximum atomic E-state index is 14.5. The van der Waals surface area contributed by atoms with Crippen molar-refractivity contribution in [2.24, 2.45) is 5.73 Å². The number of H-pyrrole nitrogens is 1. The molecule has 0 bridgehead atoms. The quantitative estimate of drug-likeness (QED) is 0.636. The summed E-state index contributed by atoms with van der Waals surface area (Å²) in [6, 6.07) is 12.5. The standard InChI is InChI=1S/C23H19ClFN3O3/c24-14-11-17-15(18(25)12-14)8-9-19(17)28(23(31)16-7-4-10-27-22(16)30)20(21(26)29)13-5-2-1-3-6-13/h1-7,10-12,19-20H,8-9H2,(H2,26,29)(H,27,30)/t19-,20-/m1/s1. The van der Waals surface area contributed by atoms with Gasteiger partial charge in [-0.05, 0) is 53.8 Å². The number of benzene rings is 2. The number of pyridine rings is 1. The van der Waals surface area contributed by atoms with Gasteiger partial charge in [0.05, 0.1) is 6.04 Å². The zero-order chi connectivity index (χ0) is 22.1. The first kappa shape index (κ1) is 20.8. The highest BCUT2D eigenvalue weighted by Gasteiger charge is 2.40. The number of nitrogens with two attached hydrogens (primary N) is 1. The Bertz CT molecular complexity index is 1210. The zero-order valence-electron chi connectivity index (χ0n) is 16.3. The van der Waals surface area contributed by atoms with Crippen LogP contribution in [0.2, 0.25) is 5.02 Å². The van der Waals surface area contributed by atoms with Crippen molar-refractivity contribution in [3.8, 4) is 0 Å². The van der Waals surface area contributed by atoms with E-state index in [1.54, 1.807) is 36.4 Å². The summed E-state index contributed by atoms with van der Waals surface area (Å²) in [7, 11) is 0. The second-order valence-corrected chi connectivity index (χ2v) is 7.79. The van der Waals surface area contributed by atoms with Crippen molar-refractivity contribution in [3.63, 3.8) is 0 Å². The maximum absolute atomic E-state index is 14.5. The molecule has 0 unspecified atom stereocenters.